The highest BCUT2D eigenvalue weighted by molar-refractivity contribution is 5.79. The Morgan fingerprint density at radius 1 is 1.26 bits per heavy atom. The molecule has 3 rings (SSSR count). The van der Waals surface area contributed by atoms with Crippen molar-refractivity contribution in [3.63, 3.8) is 0 Å². The van der Waals surface area contributed by atoms with Crippen LogP contribution in [0.25, 0.3) is 22.6 Å². The number of fused-ring (bicyclic) bond motifs is 1. The number of nitrogens with one attached hydrogen (secondary N) is 1. The molecular formula is C15H16N4. The zero-order chi connectivity index (χ0) is 13.2. The standard InChI is InChI=1S/C15H16N4/c1-10(9-16)11-5-6-12-14(8-11)19-15(18-12)13-4-2-3-7-17-13/h2-8,10H,9,16H2,1H3,(H,18,19). The summed E-state index contributed by atoms with van der Waals surface area (Å²) in [5.74, 6) is 1.15. The fraction of sp³-hybridized carbons (Fsp3) is 0.200. The van der Waals surface area contributed by atoms with Crippen LogP contribution >= 0.6 is 0 Å². The number of hydrogen-bond donors (Lipinski definition) is 2. The number of aromatic nitrogens is 3. The van der Waals surface area contributed by atoms with Crippen LogP contribution in [0.4, 0.5) is 0 Å². The van der Waals surface area contributed by atoms with Crippen molar-refractivity contribution in [2.45, 2.75) is 12.8 Å². The fourth-order valence-corrected chi connectivity index (χ4v) is 2.09. The third-order valence-corrected chi connectivity index (χ3v) is 3.34. The van der Waals surface area contributed by atoms with Crippen LogP contribution in [0.15, 0.2) is 42.6 Å². The predicted molar refractivity (Wildman–Crippen MR) is 76.8 cm³/mol. The Morgan fingerprint density at radius 3 is 2.89 bits per heavy atom. The van der Waals surface area contributed by atoms with E-state index < -0.39 is 0 Å². The minimum Gasteiger partial charge on any atom is -0.337 e. The van der Waals surface area contributed by atoms with Gasteiger partial charge in [0.2, 0.25) is 0 Å². The van der Waals surface area contributed by atoms with Crippen molar-refractivity contribution in [1.82, 2.24) is 15.0 Å². The van der Waals surface area contributed by atoms with E-state index in [0.717, 1.165) is 22.6 Å². The molecule has 0 saturated carbocycles. The van der Waals surface area contributed by atoms with Gasteiger partial charge in [-0.2, -0.15) is 0 Å². The van der Waals surface area contributed by atoms with Gasteiger partial charge in [-0.1, -0.05) is 19.1 Å². The van der Waals surface area contributed by atoms with Gasteiger partial charge < -0.3 is 10.7 Å². The summed E-state index contributed by atoms with van der Waals surface area (Å²) in [6.45, 7) is 2.77. The highest BCUT2D eigenvalue weighted by Crippen LogP contribution is 2.22. The summed E-state index contributed by atoms with van der Waals surface area (Å²) >= 11 is 0. The maximum absolute atomic E-state index is 5.71. The molecular weight excluding hydrogens is 236 g/mol. The lowest BCUT2D eigenvalue weighted by Gasteiger charge is -2.07. The molecule has 1 aromatic carbocycles. The van der Waals surface area contributed by atoms with Gasteiger partial charge in [-0.3, -0.25) is 4.98 Å². The van der Waals surface area contributed by atoms with Crippen molar-refractivity contribution < 1.29 is 0 Å². The molecule has 4 nitrogen and oxygen atoms in total. The molecule has 1 atom stereocenters. The van der Waals surface area contributed by atoms with Gasteiger partial charge >= 0.3 is 0 Å². The van der Waals surface area contributed by atoms with Crippen LogP contribution in [0.5, 0.6) is 0 Å². The van der Waals surface area contributed by atoms with Gasteiger partial charge in [0, 0.05) is 6.20 Å². The number of nitrogens with zero attached hydrogens (tertiary/aromatic N) is 2. The molecule has 0 bridgehead atoms. The largest absolute Gasteiger partial charge is 0.337 e. The zero-order valence-electron chi connectivity index (χ0n) is 10.8. The lowest BCUT2D eigenvalue weighted by Crippen LogP contribution is -2.08. The first kappa shape index (κ1) is 11.9. The monoisotopic (exact) mass is 252 g/mol. The van der Waals surface area contributed by atoms with Crippen molar-refractivity contribution >= 4 is 11.0 Å². The minimum atomic E-state index is 0.353. The Kier molecular flexibility index (Phi) is 3.01. The van der Waals surface area contributed by atoms with Crippen molar-refractivity contribution in [2.75, 3.05) is 6.54 Å². The van der Waals surface area contributed by atoms with E-state index in [1.54, 1.807) is 6.20 Å². The molecule has 2 heterocycles. The molecule has 1 unspecified atom stereocenters. The first-order valence-electron chi connectivity index (χ1n) is 6.39. The normalized spacial score (nSPS) is 12.7. The topological polar surface area (TPSA) is 67.6 Å². The Labute approximate surface area is 111 Å². The second-order valence-electron chi connectivity index (χ2n) is 4.71. The fourth-order valence-electron chi connectivity index (χ4n) is 2.09. The second kappa shape index (κ2) is 4.82. The SMILES string of the molecule is CC(CN)c1ccc2nc(-c3ccccn3)[nH]c2c1. The molecule has 0 saturated heterocycles. The number of rotatable bonds is 3. The quantitative estimate of drug-likeness (QED) is 0.753. The van der Waals surface area contributed by atoms with Crippen LogP contribution in [0, 0.1) is 0 Å². The van der Waals surface area contributed by atoms with Gasteiger partial charge in [-0.25, -0.2) is 4.98 Å². The van der Waals surface area contributed by atoms with E-state index in [4.69, 9.17) is 5.73 Å². The van der Waals surface area contributed by atoms with Crippen LogP contribution in [0.2, 0.25) is 0 Å². The number of pyridine rings is 1. The first-order valence-corrected chi connectivity index (χ1v) is 6.39. The third-order valence-electron chi connectivity index (χ3n) is 3.34. The maximum Gasteiger partial charge on any atom is 0.157 e. The molecule has 4 heteroatoms. The van der Waals surface area contributed by atoms with Gasteiger partial charge in [0.25, 0.3) is 0 Å². The van der Waals surface area contributed by atoms with Crippen LogP contribution in [-0.2, 0) is 0 Å². The van der Waals surface area contributed by atoms with Crippen LogP contribution in [-0.4, -0.2) is 21.5 Å². The number of nitrogens with two attached hydrogens (primary N) is 1. The molecule has 19 heavy (non-hydrogen) atoms. The third kappa shape index (κ3) is 2.22. The van der Waals surface area contributed by atoms with E-state index in [1.807, 2.05) is 24.3 Å². The van der Waals surface area contributed by atoms with Gasteiger partial charge in [-0.05, 0) is 42.3 Å². The molecule has 0 aliphatic carbocycles. The van der Waals surface area contributed by atoms with E-state index in [2.05, 4.69) is 34.0 Å². The Hall–Kier alpha value is -2.20. The highest BCUT2D eigenvalue weighted by Gasteiger charge is 2.09. The summed E-state index contributed by atoms with van der Waals surface area (Å²) in [5.41, 5.74) is 9.77. The molecule has 0 spiro atoms. The number of hydrogen-bond acceptors (Lipinski definition) is 3. The molecule has 2 aromatic heterocycles. The molecule has 0 aliphatic rings. The molecule has 0 radical (unpaired) electrons. The number of benzene rings is 1. The Morgan fingerprint density at radius 2 is 2.16 bits per heavy atom. The van der Waals surface area contributed by atoms with E-state index in [0.29, 0.717) is 12.5 Å². The molecule has 96 valence electrons. The van der Waals surface area contributed by atoms with Crippen LogP contribution in [0.3, 0.4) is 0 Å². The molecule has 3 aromatic rings. The minimum absolute atomic E-state index is 0.353. The first-order chi connectivity index (χ1) is 9.28. The highest BCUT2D eigenvalue weighted by atomic mass is 14.9. The zero-order valence-corrected chi connectivity index (χ0v) is 10.8. The summed E-state index contributed by atoms with van der Waals surface area (Å²) in [7, 11) is 0. The predicted octanol–water partition coefficient (Wildman–Crippen LogP) is 2.69. The molecule has 0 fully saturated rings. The van der Waals surface area contributed by atoms with E-state index in [1.165, 1.54) is 5.56 Å². The summed E-state index contributed by atoms with van der Waals surface area (Å²) in [6.07, 6.45) is 1.77. The number of aromatic amines is 1. The lowest BCUT2D eigenvalue weighted by atomic mass is 10.0. The van der Waals surface area contributed by atoms with Crippen molar-refractivity contribution in [3.05, 3.63) is 48.2 Å². The Balaban J connectivity index is 2.06. The summed E-state index contributed by atoms with van der Waals surface area (Å²) in [4.78, 5) is 12.2. The average molecular weight is 252 g/mol. The van der Waals surface area contributed by atoms with Crippen LogP contribution in [0.1, 0.15) is 18.4 Å². The number of H-pyrrole nitrogens is 1. The smallest absolute Gasteiger partial charge is 0.157 e. The van der Waals surface area contributed by atoms with Gasteiger partial charge in [0.05, 0.1) is 11.0 Å². The van der Waals surface area contributed by atoms with E-state index >= 15 is 0 Å². The van der Waals surface area contributed by atoms with E-state index in [9.17, 15) is 0 Å². The van der Waals surface area contributed by atoms with Crippen molar-refractivity contribution in [3.8, 4) is 11.5 Å². The molecule has 3 N–H and O–H groups in total. The van der Waals surface area contributed by atoms with Gasteiger partial charge in [-0.15, -0.1) is 0 Å². The molecule has 0 aliphatic heterocycles. The van der Waals surface area contributed by atoms with Gasteiger partial charge in [0.1, 0.15) is 5.69 Å². The molecule has 0 amide bonds. The van der Waals surface area contributed by atoms with Crippen molar-refractivity contribution in [2.24, 2.45) is 5.73 Å². The van der Waals surface area contributed by atoms with E-state index in [-0.39, 0.29) is 0 Å². The summed E-state index contributed by atoms with van der Waals surface area (Å²) in [6, 6.07) is 12.0. The summed E-state index contributed by atoms with van der Waals surface area (Å²) < 4.78 is 0. The number of imidazole rings is 1. The average Bonchev–Trinajstić information content (AvgIpc) is 2.90. The second-order valence-corrected chi connectivity index (χ2v) is 4.71. The lowest BCUT2D eigenvalue weighted by molar-refractivity contribution is 0.775. The van der Waals surface area contributed by atoms with Crippen LogP contribution < -0.4 is 5.73 Å². The Bertz CT molecular complexity index is 688. The van der Waals surface area contributed by atoms with Crippen molar-refractivity contribution in [1.29, 1.82) is 0 Å². The van der Waals surface area contributed by atoms with Gasteiger partial charge in [0.15, 0.2) is 5.82 Å². The summed E-state index contributed by atoms with van der Waals surface area (Å²) in [5, 5.41) is 0. The maximum atomic E-state index is 5.71.